The summed E-state index contributed by atoms with van der Waals surface area (Å²) in [6, 6.07) is 3.59. The molecule has 6 nitrogen and oxygen atoms in total. The summed E-state index contributed by atoms with van der Waals surface area (Å²) in [5.74, 6) is 0.192. The number of hydrogen-bond donors (Lipinski definition) is 1. The number of benzene rings is 1. The Morgan fingerprint density at radius 3 is 2.75 bits per heavy atom. The zero-order valence-electron chi connectivity index (χ0n) is 12.3. The van der Waals surface area contributed by atoms with Crippen LogP contribution < -0.4 is 10.5 Å². The second kappa shape index (κ2) is 5.82. The molecule has 2 aromatic heterocycles. The first kappa shape index (κ1) is 16.3. The van der Waals surface area contributed by atoms with Gasteiger partial charge in [0.25, 0.3) is 5.78 Å². The number of nitrogens with two attached hydrogens (primary N) is 1. The molecule has 0 spiro atoms. The Hall–Kier alpha value is -2.55. The first-order valence-electron chi connectivity index (χ1n) is 6.69. The Balaban J connectivity index is 2.03. The number of ether oxygens (including phenoxy) is 1. The van der Waals surface area contributed by atoms with Crippen molar-refractivity contribution in [2.24, 2.45) is 0 Å². The molecule has 0 fully saturated rings. The number of alkyl halides is 3. The molecule has 10 heteroatoms. The van der Waals surface area contributed by atoms with Gasteiger partial charge in [0, 0.05) is 12.0 Å². The second-order valence-corrected chi connectivity index (χ2v) is 5.31. The van der Waals surface area contributed by atoms with Gasteiger partial charge in [0.15, 0.2) is 0 Å². The number of rotatable bonds is 3. The van der Waals surface area contributed by atoms with Crippen molar-refractivity contribution in [2.45, 2.75) is 12.6 Å². The van der Waals surface area contributed by atoms with Crippen molar-refractivity contribution < 1.29 is 17.9 Å². The van der Waals surface area contributed by atoms with Gasteiger partial charge < -0.3 is 10.5 Å². The molecule has 0 saturated heterocycles. The van der Waals surface area contributed by atoms with Gasteiger partial charge in [0.2, 0.25) is 0 Å². The number of nitrogens with zero attached hydrogens (tertiary/aromatic N) is 4. The van der Waals surface area contributed by atoms with Crippen molar-refractivity contribution in [1.82, 2.24) is 19.6 Å². The number of hydrogen-bond acceptors (Lipinski definition) is 5. The van der Waals surface area contributed by atoms with E-state index < -0.39 is 11.7 Å². The SMILES string of the molecule is COc1cc(Cc2c(Cl)nc3ncnn3c2N)ccc1C(F)(F)F. The van der Waals surface area contributed by atoms with Crippen LogP contribution in [0.4, 0.5) is 19.0 Å². The molecule has 0 saturated carbocycles. The highest BCUT2D eigenvalue weighted by atomic mass is 35.5. The minimum atomic E-state index is -4.50. The van der Waals surface area contributed by atoms with Crippen LogP contribution in [0.3, 0.4) is 0 Å². The third-order valence-corrected chi connectivity index (χ3v) is 3.78. The highest BCUT2D eigenvalue weighted by Gasteiger charge is 2.34. The molecule has 126 valence electrons. The average Bonchev–Trinajstić information content (AvgIpc) is 2.98. The standard InChI is InChI=1S/C14H11ClF3N5O/c1-24-10-5-7(2-3-9(10)14(16,17)18)4-8-11(15)22-13-20-6-21-23(13)12(8)19/h2-3,5-6H,4,19H2,1H3. The third-order valence-electron chi connectivity index (χ3n) is 3.47. The lowest BCUT2D eigenvalue weighted by Gasteiger charge is -2.14. The lowest BCUT2D eigenvalue weighted by atomic mass is 10.0. The highest BCUT2D eigenvalue weighted by molar-refractivity contribution is 6.30. The Morgan fingerprint density at radius 2 is 2.08 bits per heavy atom. The summed E-state index contributed by atoms with van der Waals surface area (Å²) in [7, 11) is 1.18. The fourth-order valence-corrected chi connectivity index (χ4v) is 2.56. The quantitative estimate of drug-likeness (QED) is 0.729. The van der Waals surface area contributed by atoms with Gasteiger partial charge in [-0.15, -0.1) is 0 Å². The lowest BCUT2D eigenvalue weighted by molar-refractivity contribution is -0.138. The average molecular weight is 358 g/mol. The maximum absolute atomic E-state index is 12.9. The third kappa shape index (κ3) is 2.82. The van der Waals surface area contributed by atoms with Crippen LogP contribution in [0.5, 0.6) is 5.75 Å². The largest absolute Gasteiger partial charge is 0.496 e. The maximum Gasteiger partial charge on any atom is 0.419 e. The van der Waals surface area contributed by atoms with Crippen molar-refractivity contribution in [3.8, 4) is 5.75 Å². The Morgan fingerprint density at radius 1 is 1.33 bits per heavy atom. The van der Waals surface area contributed by atoms with Crippen molar-refractivity contribution in [1.29, 1.82) is 0 Å². The maximum atomic E-state index is 12.9. The Labute approximate surface area is 139 Å². The zero-order chi connectivity index (χ0) is 17.5. The summed E-state index contributed by atoms with van der Waals surface area (Å²) in [6.07, 6.45) is -3.05. The summed E-state index contributed by atoms with van der Waals surface area (Å²) in [5.41, 5.74) is 6.14. The van der Waals surface area contributed by atoms with Gasteiger partial charge in [0.05, 0.1) is 12.7 Å². The van der Waals surface area contributed by atoms with E-state index in [4.69, 9.17) is 22.1 Å². The van der Waals surface area contributed by atoms with E-state index in [0.29, 0.717) is 11.1 Å². The van der Waals surface area contributed by atoms with E-state index in [0.717, 1.165) is 6.07 Å². The van der Waals surface area contributed by atoms with E-state index in [9.17, 15) is 13.2 Å². The summed E-state index contributed by atoms with van der Waals surface area (Å²) in [4.78, 5) is 7.94. The molecule has 2 N–H and O–H groups in total. The molecular weight excluding hydrogens is 347 g/mol. The summed E-state index contributed by atoms with van der Waals surface area (Å²) < 4.78 is 44.9. The summed E-state index contributed by atoms with van der Waals surface area (Å²) >= 11 is 6.11. The highest BCUT2D eigenvalue weighted by Crippen LogP contribution is 2.37. The number of aromatic nitrogens is 4. The first-order chi connectivity index (χ1) is 11.3. The molecule has 0 aliphatic heterocycles. The van der Waals surface area contributed by atoms with Crippen LogP contribution in [0.2, 0.25) is 5.15 Å². The van der Waals surface area contributed by atoms with Gasteiger partial charge in [0.1, 0.15) is 23.0 Å². The Bertz CT molecular complexity index is 909. The molecular formula is C14H11ClF3N5O. The van der Waals surface area contributed by atoms with Crippen molar-refractivity contribution in [3.05, 3.63) is 46.4 Å². The second-order valence-electron chi connectivity index (χ2n) is 4.95. The lowest BCUT2D eigenvalue weighted by Crippen LogP contribution is -2.09. The zero-order valence-corrected chi connectivity index (χ0v) is 13.1. The molecule has 0 radical (unpaired) electrons. The number of nitrogen functional groups attached to an aromatic ring is 1. The van der Waals surface area contributed by atoms with Crippen molar-refractivity contribution in [2.75, 3.05) is 12.8 Å². The minimum absolute atomic E-state index is 0.117. The van der Waals surface area contributed by atoms with Gasteiger partial charge in [-0.2, -0.15) is 32.8 Å². The fourth-order valence-electron chi connectivity index (χ4n) is 2.32. The molecule has 0 atom stereocenters. The van der Waals surface area contributed by atoms with Crippen LogP contribution in [0, 0.1) is 0 Å². The summed E-state index contributed by atoms with van der Waals surface area (Å²) in [5, 5.41) is 4.05. The number of halogens is 4. The van der Waals surface area contributed by atoms with E-state index in [1.165, 1.54) is 30.1 Å². The van der Waals surface area contributed by atoms with Gasteiger partial charge in [-0.25, -0.2) is 0 Å². The number of methoxy groups -OCH3 is 1. The van der Waals surface area contributed by atoms with E-state index in [2.05, 4.69) is 15.1 Å². The molecule has 0 unspecified atom stereocenters. The predicted molar refractivity (Wildman–Crippen MR) is 81.0 cm³/mol. The normalized spacial score (nSPS) is 11.9. The monoisotopic (exact) mass is 357 g/mol. The van der Waals surface area contributed by atoms with Gasteiger partial charge in [-0.05, 0) is 17.7 Å². The van der Waals surface area contributed by atoms with Gasteiger partial charge >= 0.3 is 6.18 Å². The molecule has 0 bridgehead atoms. The topological polar surface area (TPSA) is 78.3 Å². The molecule has 3 aromatic rings. The molecule has 1 aromatic carbocycles. The van der Waals surface area contributed by atoms with E-state index in [1.54, 1.807) is 0 Å². The number of fused-ring (bicyclic) bond motifs is 1. The van der Waals surface area contributed by atoms with Crippen LogP contribution in [0.1, 0.15) is 16.7 Å². The van der Waals surface area contributed by atoms with E-state index in [-0.39, 0.29) is 28.9 Å². The van der Waals surface area contributed by atoms with Crippen LogP contribution >= 0.6 is 11.6 Å². The Kier molecular flexibility index (Phi) is 3.96. The molecule has 0 aliphatic rings. The molecule has 2 heterocycles. The fraction of sp³-hybridized carbons (Fsp3) is 0.214. The van der Waals surface area contributed by atoms with Gasteiger partial charge in [-0.1, -0.05) is 17.7 Å². The van der Waals surface area contributed by atoms with Gasteiger partial charge in [-0.3, -0.25) is 0 Å². The number of anilines is 1. The van der Waals surface area contributed by atoms with Crippen LogP contribution in [-0.2, 0) is 12.6 Å². The molecule has 3 rings (SSSR count). The molecule has 0 amide bonds. The summed E-state index contributed by atoms with van der Waals surface area (Å²) in [6.45, 7) is 0. The van der Waals surface area contributed by atoms with Crippen LogP contribution in [-0.4, -0.2) is 26.7 Å². The van der Waals surface area contributed by atoms with Crippen molar-refractivity contribution in [3.63, 3.8) is 0 Å². The first-order valence-corrected chi connectivity index (χ1v) is 7.06. The van der Waals surface area contributed by atoms with Crippen LogP contribution in [0.25, 0.3) is 5.78 Å². The van der Waals surface area contributed by atoms with E-state index >= 15 is 0 Å². The van der Waals surface area contributed by atoms with E-state index in [1.807, 2.05) is 0 Å². The van der Waals surface area contributed by atoms with Crippen LogP contribution in [0.15, 0.2) is 24.5 Å². The molecule has 0 aliphatic carbocycles. The smallest absolute Gasteiger partial charge is 0.419 e. The van der Waals surface area contributed by atoms with Crippen molar-refractivity contribution >= 4 is 23.2 Å². The predicted octanol–water partition coefficient (Wildman–Crippen LogP) is 2.98. The molecule has 24 heavy (non-hydrogen) atoms. The minimum Gasteiger partial charge on any atom is -0.496 e.